The summed E-state index contributed by atoms with van der Waals surface area (Å²) in [7, 11) is -0.642. The molecule has 6 nitrogen and oxygen atoms in total. The lowest BCUT2D eigenvalue weighted by atomic mass is 9.84. The molecule has 0 aromatic carbocycles. The molecule has 7 heteroatoms. The zero-order chi connectivity index (χ0) is 28.7. The van der Waals surface area contributed by atoms with Gasteiger partial charge in [-0.2, -0.15) is 0 Å². The highest BCUT2D eigenvalue weighted by Gasteiger charge is 2.46. The van der Waals surface area contributed by atoms with Gasteiger partial charge in [0, 0.05) is 24.8 Å². The van der Waals surface area contributed by atoms with E-state index >= 15 is 0 Å². The zero-order valence-corrected chi connectivity index (χ0v) is 26.6. The Morgan fingerprint density at radius 1 is 1.08 bits per heavy atom. The number of carbonyl (C=O) groups is 1. The van der Waals surface area contributed by atoms with E-state index in [0.717, 1.165) is 37.7 Å². The molecule has 2 aliphatic heterocycles. The van der Waals surface area contributed by atoms with Crippen molar-refractivity contribution in [3.63, 3.8) is 0 Å². The lowest BCUT2D eigenvalue weighted by Crippen LogP contribution is -2.52. The van der Waals surface area contributed by atoms with E-state index in [1.54, 1.807) is 0 Å². The van der Waals surface area contributed by atoms with Crippen molar-refractivity contribution in [2.45, 2.75) is 123 Å². The molecule has 0 bridgehead atoms. The van der Waals surface area contributed by atoms with Gasteiger partial charge in [0.2, 0.25) is 0 Å². The van der Waals surface area contributed by atoms with Crippen LogP contribution in [-0.4, -0.2) is 57.2 Å². The lowest BCUT2D eigenvalue weighted by molar-refractivity contribution is -0.333. The average Bonchev–Trinajstić information content (AvgIpc) is 2.86. The second kappa shape index (κ2) is 13.9. The highest BCUT2D eigenvalue weighted by atomic mass is 28.4. The fraction of sp³-hybridized carbons (Fsp3) is 0.774. The van der Waals surface area contributed by atoms with Crippen molar-refractivity contribution in [2.75, 3.05) is 13.7 Å². The van der Waals surface area contributed by atoms with E-state index in [1.807, 2.05) is 6.08 Å². The maximum absolute atomic E-state index is 11.7. The molecule has 2 heterocycles. The summed E-state index contributed by atoms with van der Waals surface area (Å²) < 4.78 is 24.5. The molecule has 218 valence electrons. The smallest absolute Gasteiger partial charge is 0.330 e. The SMILES string of the molecule is COC(=O)/C=C/[C@H](C)[C@H](/C=C/C(C)=C/C[C@H]1O[C@]2(CC[C@H](C)[C@H](CO)O2)CC[C@@H]1C)O[Si](C)(C)C(C)(C)C. The first-order valence-corrected chi connectivity index (χ1v) is 17.3. The monoisotopic (exact) mass is 550 g/mol. The van der Waals surface area contributed by atoms with Crippen molar-refractivity contribution in [3.8, 4) is 0 Å². The molecule has 2 fully saturated rings. The average molecular weight is 551 g/mol. The van der Waals surface area contributed by atoms with Crippen LogP contribution in [0.1, 0.15) is 80.6 Å². The number of allylic oxidation sites excluding steroid dienone is 2. The first-order valence-electron chi connectivity index (χ1n) is 14.4. The number of esters is 1. The van der Waals surface area contributed by atoms with Gasteiger partial charge in [-0.15, -0.1) is 0 Å². The summed E-state index contributed by atoms with van der Waals surface area (Å²) in [5.41, 5.74) is 1.15. The summed E-state index contributed by atoms with van der Waals surface area (Å²) >= 11 is 0. The molecule has 0 aliphatic carbocycles. The van der Waals surface area contributed by atoms with Crippen LogP contribution in [-0.2, 0) is 23.4 Å². The summed E-state index contributed by atoms with van der Waals surface area (Å²) in [6, 6.07) is 0. The summed E-state index contributed by atoms with van der Waals surface area (Å²) in [5.74, 6) is -0.103. The van der Waals surface area contributed by atoms with Crippen molar-refractivity contribution < 1.29 is 28.5 Å². The summed E-state index contributed by atoms with van der Waals surface area (Å²) in [5, 5.41) is 9.85. The van der Waals surface area contributed by atoms with Crippen molar-refractivity contribution in [1.82, 2.24) is 0 Å². The van der Waals surface area contributed by atoms with Gasteiger partial charge in [-0.25, -0.2) is 4.79 Å². The Morgan fingerprint density at radius 2 is 1.66 bits per heavy atom. The largest absolute Gasteiger partial charge is 0.466 e. The predicted octanol–water partition coefficient (Wildman–Crippen LogP) is 6.95. The minimum absolute atomic E-state index is 0.0131. The van der Waals surface area contributed by atoms with Crippen LogP contribution in [0.3, 0.4) is 0 Å². The third-order valence-electron chi connectivity index (χ3n) is 8.86. The molecule has 38 heavy (non-hydrogen) atoms. The molecule has 2 aliphatic rings. The summed E-state index contributed by atoms with van der Waals surface area (Å²) in [6.07, 6.45) is 14.3. The van der Waals surface area contributed by atoms with Crippen LogP contribution < -0.4 is 0 Å². The van der Waals surface area contributed by atoms with Gasteiger partial charge in [-0.3, -0.25) is 0 Å². The van der Waals surface area contributed by atoms with Crippen LogP contribution in [0.25, 0.3) is 0 Å². The topological polar surface area (TPSA) is 74.2 Å². The first-order chi connectivity index (χ1) is 17.6. The molecule has 0 amide bonds. The van der Waals surface area contributed by atoms with E-state index in [2.05, 4.69) is 79.8 Å². The van der Waals surface area contributed by atoms with E-state index in [4.69, 9.17) is 18.6 Å². The normalized spacial score (nSPS) is 31.2. The molecular formula is C31H54O6Si. The Kier molecular flexibility index (Phi) is 12.0. The van der Waals surface area contributed by atoms with Gasteiger partial charge in [0.05, 0.1) is 32.0 Å². The number of hydrogen-bond acceptors (Lipinski definition) is 6. The quantitative estimate of drug-likeness (QED) is 0.137. The summed E-state index contributed by atoms with van der Waals surface area (Å²) in [6.45, 7) is 19.8. The number of rotatable bonds is 10. The number of methoxy groups -OCH3 is 1. The van der Waals surface area contributed by atoms with Crippen molar-refractivity contribution in [3.05, 3.63) is 36.0 Å². The Labute approximate surface area is 233 Å². The van der Waals surface area contributed by atoms with Gasteiger partial charge >= 0.3 is 5.97 Å². The van der Waals surface area contributed by atoms with Crippen LogP contribution in [0.2, 0.25) is 18.1 Å². The van der Waals surface area contributed by atoms with E-state index in [0.29, 0.717) is 11.8 Å². The van der Waals surface area contributed by atoms with Crippen LogP contribution in [0, 0.1) is 17.8 Å². The van der Waals surface area contributed by atoms with E-state index in [-0.39, 0.29) is 41.8 Å². The Balaban J connectivity index is 2.13. The molecule has 0 saturated carbocycles. The Hall–Kier alpha value is -1.25. The number of hydrogen-bond donors (Lipinski definition) is 1. The van der Waals surface area contributed by atoms with E-state index in [9.17, 15) is 9.90 Å². The van der Waals surface area contributed by atoms with Crippen LogP contribution in [0.5, 0.6) is 0 Å². The van der Waals surface area contributed by atoms with Crippen LogP contribution in [0.4, 0.5) is 0 Å². The fourth-order valence-electron chi connectivity index (χ4n) is 4.80. The molecule has 2 rings (SSSR count). The van der Waals surface area contributed by atoms with Crippen LogP contribution in [0.15, 0.2) is 36.0 Å². The van der Waals surface area contributed by atoms with Gasteiger partial charge in [0.1, 0.15) is 0 Å². The molecule has 0 radical (unpaired) electrons. The maximum atomic E-state index is 11.7. The molecule has 7 atom stereocenters. The highest BCUT2D eigenvalue weighted by molar-refractivity contribution is 6.74. The van der Waals surface area contributed by atoms with Crippen molar-refractivity contribution >= 4 is 14.3 Å². The second-order valence-electron chi connectivity index (χ2n) is 13.1. The van der Waals surface area contributed by atoms with Gasteiger partial charge in [0.15, 0.2) is 14.1 Å². The minimum Gasteiger partial charge on any atom is -0.466 e. The standard InChI is InChI=1S/C31H54O6Si/c1-22(11-14-26-24(3)17-19-31(35-26)20-18-25(4)28(21-32)36-31)12-15-27(23(2)13-16-29(33)34-8)37-38(9,10)30(5,6)7/h11-13,15-16,23-28,32H,14,17-21H2,1-10H3/b15-12+,16-13+,22-11+/t23-,24-,25-,26+,27-,28-,31+/m0/s1. The number of aliphatic hydroxyl groups is 1. The zero-order valence-electron chi connectivity index (χ0n) is 25.6. The second-order valence-corrected chi connectivity index (χ2v) is 17.8. The molecular weight excluding hydrogens is 496 g/mol. The molecule has 2 saturated heterocycles. The van der Waals surface area contributed by atoms with Gasteiger partial charge < -0.3 is 23.7 Å². The minimum atomic E-state index is -2.03. The van der Waals surface area contributed by atoms with Crippen LogP contribution >= 0.6 is 0 Å². The molecule has 0 aromatic heterocycles. The van der Waals surface area contributed by atoms with Crippen molar-refractivity contribution in [1.29, 1.82) is 0 Å². The number of ether oxygens (including phenoxy) is 3. The van der Waals surface area contributed by atoms with E-state index in [1.165, 1.54) is 13.2 Å². The Morgan fingerprint density at radius 3 is 2.21 bits per heavy atom. The molecule has 0 unspecified atom stereocenters. The van der Waals surface area contributed by atoms with E-state index < -0.39 is 14.1 Å². The first kappa shape index (κ1) is 33.0. The number of aliphatic hydroxyl groups excluding tert-OH is 1. The maximum Gasteiger partial charge on any atom is 0.330 e. The van der Waals surface area contributed by atoms with Gasteiger partial charge in [-0.05, 0) is 56.2 Å². The highest BCUT2D eigenvalue weighted by Crippen LogP contribution is 2.43. The third-order valence-corrected chi connectivity index (χ3v) is 13.3. The van der Waals surface area contributed by atoms with Crippen molar-refractivity contribution in [2.24, 2.45) is 17.8 Å². The molecule has 0 aromatic rings. The van der Waals surface area contributed by atoms with Gasteiger partial charge in [-0.1, -0.05) is 71.4 Å². The molecule has 1 spiro atoms. The Bertz CT molecular complexity index is 853. The van der Waals surface area contributed by atoms with Gasteiger partial charge in [0.25, 0.3) is 0 Å². The summed E-state index contributed by atoms with van der Waals surface area (Å²) in [4.78, 5) is 11.7. The third kappa shape index (κ3) is 9.15. The fourth-order valence-corrected chi connectivity index (χ4v) is 6.13. The molecule has 1 N–H and O–H groups in total. The lowest BCUT2D eigenvalue weighted by Gasteiger charge is -2.49. The predicted molar refractivity (Wildman–Crippen MR) is 156 cm³/mol. The number of carbonyl (C=O) groups excluding carboxylic acids is 1.